The van der Waals surface area contributed by atoms with Crippen LogP contribution in [0.3, 0.4) is 0 Å². The Morgan fingerprint density at radius 1 is 1.00 bits per heavy atom. The van der Waals surface area contributed by atoms with Crippen molar-refractivity contribution in [3.05, 3.63) is 47.5 Å². The smallest absolute Gasteiger partial charge is 0.00471 e. The Morgan fingerprint density at radius 3 is 2.53 bits per heavy atom. The molecule has 3 rings (SSSR count). The molecule has 78 valence electrons. The van der Waals surface area contributed by atoms with E-state index in [0.29, 0.717) is 5.41 Å². The zero-order valence-electron chi connectivity index (χ0n) is 9.26. The number of hydrogen-bond acceptors (Lipinski definition) is 0. The number of benzene rings is 1. The Balaban J connectivity index is 1.98. The highest BCUT2D eigenvalue weighted by molar-refractivity contribution is 5.34. The van der Waals surface area contributed by atoms with Gasteiger partial charge in [0, 0.05) is 0 Å². The van der Waals surface area contributed by atoms with Gasteiger partial charge in [0.1, 0.15) is 0 Å². The van der Waals surface area contributed by atoms with Crippen LogP contribution in [0.15, 0.2) is 36.4 Å². The molecule has 1 fully saturated rings. The highest BCUT2D eigenvalue weighted by Gasteiger charge is 2.39. The van der Waals surface area contributed by atoms with Gasteiger partial charge in [-0.3, -0.25) is 0 Å². The van der Waals surface area contributed by atoms with Crippen LogP contribution in [0.2, 0.25) is 0 Å². The summed E-state index contributed by atoms with van der Waals surface area (Å²) in [5.74, 6) is 0. The van der Waals surface area contributed by atoms with Crippen LogP contribution in [0, 0.1) is 5.41 Å². The summed E-state index contributed by atoms with van der Waals surface area (Å²) in [6.07, 6.45) is 7.85. The number of aryl methyl sites for hydroxylation is 1. The third-order valence-electron chi connectivity index (χ3n) is 4.40. The first-order chi connectivity index (χ1) is 7.30. The molecule has 0 N–H and O–H groups in total. The molecule has 1 aromatic rings. The Kier molecular flexibility index (Phi) is 1.98. The molecule has 1 atom stereocenters. The SMILES string of the molecule is C=C1CCC[C@]12CCc1ccccc1C2. The first-order valence-corrected chi connectivity index (χ1v) is 6.05. The first-order valence-electron chi connectivity index (χ1n) is 6.05. The lowest BCUT2D eigenvalue weighted by molar-refractivity contribution is 0.317. The van der Waals surface area contributed by atoms with Gasteiger partial charge in [-0.1, -0.05) is 36.4 Å². The molecule has 2 aliphatic rings. The van der Waals surface area contributed by atoms with Crippen LogP contribution in [0.25, 0.3) is 0 Å². The van der Waals surface area contributed by atoms with Crippen LogP contribution in [0.4, 0.5) is 0 Å². The maximum absolute atomic E-state index is 4.30. The van der Waals surface area contributed by atoms with Gasteiger partial charge in [-0.15, -0.1) is 0 Å². The van der Waals surface area contributed by atoms with E-state index in [1.807, 2.05) is 0 Å². The van der Waals surface area contributed by atoms with Crippen molar-refractivity contribution in [1.29, 1.82) is 0 Å². The van der Waals surface area contributed by atoms with Crippen LogP contribution >= 0.6 is 0 Å². The van der Waals surface area contributed by atoms with Gasteiger partial charge >= 0.3 is 0 Å². The summed E-state index contributed by atoms with van der Waals surface area (Å²) in [7, 11) is 0. The molecule has 1 aromatic carbocycles. The van der Waals surface area contributed by atoms with E-state index in [9.17, 15) is 0 Å². The van der Waals surface area contributed by atoms with Crippen molar-refractivity contribution in [2.75, 3.05) is 0 Å². The van der Waals surface area contributed by atoms with Gasteiger partial charge < -0.3 is 0 Å². The number of allylic oxidation sites excluding steroid dienone is 1. The molecule has 0 unspecified atom stereocenters. The second-order valence-corrected chi connectivity index (χ2v) is 5.18. The fourth-order valence-electron chi connectivity index (χ4n) is 3.40. The van der Waals surface area contributed by atoms with Crippen molar-refractivity contribution >= 4 is 0 Å². The molecule has 0 heteroatoms. The summed E-state index contributed by atoms with van der Waals surface area (Å²) >= 11 is 0. The van der Waals surface area contributed by atoms with Gasteiger partial charge in [-0.2, -0.15) is 0 Å². The van der Waals surface area contributed by atoms with Crippen molar-refractivity contribution in [2.24, 2.45) is 5.41 Å². The summed E-state index contributed by atoms with van der Waals surface area (Å²) in [5.41, 5.74) is 5.15. The van der Waals surface area contributed by atoms with Gasteiger partial charge in [0.25, 0.3) is 0 Å². The van der Waals surface area contributed by atoms with Crippen molar-refractivity contribution < 1.29 is 0 Å². The van der Waals surface area contributed by atoms with E-state index in [1.165, 1.54) is 44.1 Å². The van der Waals surface area contributed by atoms with E-state index in [4.69, 9.17) is 0 Å². The minimum absolute atomic E-state index is 0.481. The Morgan fingerprint density at radius 2 is 1.80 bits per heavy atom. The van der Waals surface area contributed by atoms with Crippen LogP contribution in [-0.4, -0.2) is 0 Å². The monoisotopic (exact) mass is 198 g/mol. The standard InChI is InChI=1S/C15H18/c1-12-5-4-9-15(12)10-8-13-6-2-3-7-14(13)11-15/h2-3,6-7H,1,4-5,8-11H2/t15-/m1/s1. The number of fused-ring (bicyclic) bond motifs is 1. The third-order valence-corrected chi connectivity index (χ3v) is 4.40. The largest absolute Gasteiger partial charge is 0.0993 e. The Hall–Kier alpha value is -1.04. The zero-order valence-corrected chi connectivity index (χ0v) is 9.26. The minimum atomic E-state index is 0.481. The lowest BCUT2D eigenvalue weighted by atomic mass is 9.69. The second-order valence-electron chi connectivity index (χ2n) is 5.18. The molecular weight excluding hydrogens is 180 g/mol. The normalized spacial score (nSPS) is 29.5. The van der Waals surface area contributed by atoms with Crippen LogP contribution < -0.4 is 0 Å². The van der Waals surface area contributed by atoms with Gasteiger partial charge in [-0.25, -0.2) is 0 Å². The average Bonchev–Trinajstić information content (AvgIpc) is 2.60. The summed E-state index contributed by atoms with van der Waals surface area (Å²) in [4.78, 5) is 0. The molecule has 0 saturated heterocycles. The van der Waals surface area contributed by atoms with E-state index >= 15 is 0 Å². The lowest BCUT2D eigenvalue weighted by Crippen LogP contribution is -2.27. The summed E-state index contributed by atoms with van der Waals surface area (Å²) in [6.45, 7) is 4.30. The number of rotatable bonds is 0. The van der Waals surface area contributed by atoms with Crippen LogP contribution in [0.5, 0.6) is 0 Å². The highest BCUT2D eigenvalue weighted by atomic mass is 14.4. The van der Waals surface area contributed by atoms with E-state index in [-0.39, 0.29) is 0 Å². The maximum atomic E-state index is 4.30. The van der Waals surface area contributed by atoms with E-state index in [2.05, 4.69) is 30.8 Å². The molecule has 0 aromatic heterocycles. The van der Waals surface area contributed by atoms with Gasteiger partial charge in [-0.05, 0) is 55.1 Å². The third kappa shape index (κ3) is 1.35. The molecule has 0 heterocycles. The zero-order chi connectivity index (χ0) is 10.3. The lowest BCUT2D eigenvalue weighted by Gasteiger charge is -2.36. The van der Waals surface area contributed by atoms with E-state index in [1.54, 1.807) is 11.1 Å². The van der Waals surface area contributed by atoms with Gasteiger partial charge in [0.2, 0.25) is 0 Å². The Labute approximate surface area is 92.0 Å². The molecule has 0 radical (unpaired) electrons. The molecule has 1 spiro atoms. The van der Waals surface area contributed by atoms with E-state index in [0.717, 1.165) is 0 Å². The topological polar surface area (TPSA) is 0 Å². The van der Waals surface area contributed by atoms with Crippen molar-refractivity contribution in [1.82, 2.24) is 0 Å². The van der Waals surface area contributed by atoms with Crippen molar-refractivity contribution in [2.45, 2.75) is 38.5 Å². The minimum Gasteiger partial charge on any atom is -0.0993 e. The Bertz CT molecular complexity index is 402. The summed E-state index contributed by atoms with van der Waals surface area (Å²) in [6, 6.07) is 8.94. The van der Waals surface area contributed by atoms with E-state index < -0.39 is 0 Å². The van der Waals surface area contributed by atoms with Gasteiger partial charge in [0.15, 0.2) is 0 Å². The molecule has 0 bridgehead atoms. The highest BCUT2D eigenvalue weighted by Crippen LogP contribution is 2.50. The predicted octanol–water partition coefficient (Wildman–Crippen LogP) is 3.90. The molecule has 15 heavy (non-hydrogen) atoms. The summed E-state index contributed by atoms with van der Waals surface area (Å²) in [5, 5.41) is 0. The fraction of sp³-hybridized carbons (Fsp3) is 0.467. The first kappa shape index (κ1) is 9.21. The molecule has 2 aliphatic carbocycles. The fourth-order valence-corrected chi connectivity index (χ4v) is 3.40. The van der Waals surface area contributed by atoms with Gasteiger partial charge in [0.05, 0.1) is 0 Å². The molecule has 0 nitrogen and oxygen atoms in total. The predicted molar refractivity (Wildman–Crippen MR) is 63.9 cm³/mol. The second kappa shape index (κ2) is 3.23. The molecule has 0 amide bonds. The van der Waals surface area contributed by atoms with Crippen LogP contribution in [-0.2, 0) is 12.8 Å². The number of hydrogen-bond donors (Lipinski definition) is 0. The quantitative estimate of drug-likeness (QED) is 0.555. The molecule has 1 saturated carbocycles. The van der Waals surface area contributed by atoms with Crippen molar-refractivity contribution in [3.63, 3.8) is 0 Å². The molecule has 0 aliphatic heterocycles. The van der Waals surface area contributed by atoms with Crippen LogP contribution in [0.1, 0.15) is 36.8 Å². The average molecular weight is 198 g/mol. The van der Waals surface area contributed by atoms with Crippen molar-refractivity contribution in [3.8, 4) is 0 Å². The summed E-state index contributed by atoms with van der Waals surface area (Å²) < 4.78 is 0. The molecular formula is C15H18. The maximum Gasteiger partial charge on any atom is -0.00471 e.